The van der Waals surface area contributed by atoms with Crippen LogP contribution in [0.25, 0.3) is 31.8 Å². The zero-order chi connectivity index (χ0) is 18.3. The van der Waals surface area contributed by atoms with Crippen molar-refractivity contribution in [3.8, 4) is 21.7 Å². The molecule has 3 heterocycles. The number of rotatable bonds is 3. The van der Waals surface area contributed by atoms with E-state index in [9.17, 15) is 8.78 Å². The Bertz CT molecular complexity index is 1110. The fraction of sp³-hybridized carbons (Fsp3) is 0.105. The van der Waals surface area contributed by atoms with Crippen LogP contribution in [0, 0.1) is 11.8 Å². The minimum Gasteiger partial charge on any atom is -0.324 e. The van der Waals surface area contributed by atoms with Gasteiger partial charge in [0.05, 0.1) is 11.1 Å². The van der Waals surface area contributed by atoms with Crippen LogP contribution in [-0.4, -0.2) is 15.0 Å². The van der Waals surface area contributed by atoms with Crippen LogP contribution in [0.2, 0.25) is 0 Å². The summed E-state index contributed by atoms with van der Waals surface area (Å²) in [7, 11) is 0. The van der Waals surface area contributed by atoms with Gasteiger partial charge in [-0.05, 0) is 29.5 Å². The summed E-state index contributed by atoms with van der Waals surface area (Å²) in [4.78, 5) is 12.1. The molecule has 0 saturated carbocycles. The average molecular weight is 368 g/mol. The molecule has 7 heteroatoms. The van der Waals surface area contributed by atoms with Crippen molar-refractivity contribution in [2.45, 2.75) is 13.0 Å². The second kappa shape index (κ2) is 6.51. The number of nitrogens with zero attached hydrogens (tertiary/aromatic N) is 3. The standard InChI is InChI=1S/C19H14F2N4S/c1-10(22)14-7-24-17(21)6-13(14)12-4-2-3-11-5-16(26-19(11)12)18-15(20)8-23-9-25-18/h2-10H,22H2,1H3. The lowest BCUT2D eigenvalue weighted by Crippen LogP contribution is -2.08. The van der Waals surface area contributed by atoms with E-state index in [2.05, 4.69) is 15.0 Å². The predicted molar refractivity (Wildman–Crippen MR) is 98.6 cm³/mol. The van der Waals surface area contributed by atoms with E-state index in [-0.39, 0.29) is 11.7 Å². The first-order valence-corrected chi connectivity index (χ1v) is 8.76. The van der Waals surface area contributed by atoms with Gasteiger partial charge in [0.25, 0.3) is 0 Å². The number of hydrogen-bond donors (Lipinski definition) is 1. The lowest BCUT2D eigenvalue weighted by Gasteiger charge is -2.13. The van der Waals surface area contributed by atoms with Gasteiger partial charge in [-0.2, -0.15) is 4.39 Å². The summed E-state index contributed by atoms with van der Waals surface area (Å²) in [5.74, 6) is -1.05. The first-order chi connectivity index (χ1) is 12.5. The Morgan fingerprint density at radius 1 is 1.08 bits per heavy atom. The van der Waals surface area contributed by atoms with Crippen LogP contribution in [0.5, 0.6) is 0 Å². The average Bonchev–Trinajstić information content (AvgIpc) is 3.05. The molecule has 4 aromatic rings. The summed E-state index contributed by atoms with van der Waals surface area (Å²) in [6.07, 6.45) is 3.92. The first-order valence-electron chi connectivity index (χ1n) is 7.94. The van der Waals surface area contributed by atoms with Gasteiger partial charge in [0.15, 0.2) is 5.82 Å². The summed E-state index contributed by atoms with van der Waals surface area (Å²) in [6, 6.07) is 8.68. The highest BCUT2D eigenvalue weighted by molar-refractivity contribution is 7.22. The molecule has 1 aromatic carbocycles. The summed E-state index contributed by atoms with van der Waals surface area (Å²) >= 11 is 1.40. The van der Waals surface area contributed by atoms with E-state index in [0.717, 1.165) is 27.4 Å². The Morgan fingerprint density at radius 3 is 2.69 bits per heavy atom. The third-order valence-corrected chi connectivity index (χ3v) is 5.32. The van der Waals surface area contributed by atoms with Gasteiger partial charge >= 0.3 is 0 Å². The molecule has 0 bridgehead atoms. The van der Waals surface area contributed by atoms with E-state index in [1.165, 1.54) is 29.9 Å². The fourth-order valence-corrected chi connectivity index (χ4v) is 4.11. The Balaban J connectivity index is 1.96. The lowest BCUT2D eigenvalue weighted by molar-refractivity contribution is 0.581. The van der Waals surface area contributed by atoms with E-state index in [0.29, 0.717) is 10.4 Å². The molecule has 2 N–H and O–H groups in total. The normalized spacial score (nSPS) is 12.5. The molecule has 0 aliphatic heterocycles. The van der Waals surface area contributed by atoms with Crippen LogP contribution in [0.1, 0.15) is 18.5 Å². The molecule has 0 aliphatic rings. The quantitative estimate of drug-likeness (QED) is 0.532. The lowest BCUT2D eigenvalue weighted by atomic mass is 9.97. The molecule has 0 saturated heterocycles. The molecule has 130 valence electrons. The van der Waals surface area contributed by atoms with Crippen molar-refractivity contribution in [2.75, 3.05) is 0 Å². The second-order valence-electron chi connectivity index (χ2n) is 5.94. The molecular weight excluding hydrogens is 354 g/mol. The van der Waals surface area contributed by atoms with Gasteiger partial charge in [-0.1, -0.05) is 18.2 Å². The highest BCUT2D eigenvalue weighted by Crippen LogP contribution is 2.40. The molecule has 1 atom stereocenters. The summed E-state index contributed by atoms with van der Waals surface area (Å²) in [6.45, 7) is 1.83. The van der Waals surface area contributed by atoms with E-state index in [1.54, 1.807) is 0 Å². The van der Waals surface area contributed by atoms with Gasteiger partial charge in [-0.3, -0.25) is 0 Å². The number of nitrogens with two attached hydrogens (primary N) is 1. The van der Waals surface area contributed by atoms with Gasteiger partial charge in [-0.25, -0.2) is 19.3 Å². The van der Waals surface area contributed by atoms with Crippen molar-refractivity contribution in [3.63, 3.8) is 0 Å². The smallest absolute Gasteiger partial charge is 0.213 e. The van der Waals surface area contributed by atoms with Crippen molar-refractivity contribution >= 4 is 21.4 Å². The maximum absolute atomic E-state index is 14.1. The van der Waals surface area contributed by atoms with E-state index >= 15 is 0 Å². The molecule has 0 radical (unpaired) electrons. The number of halogens is 2. The maximum atomic E-state index is 14.1. The Hall–Kier alpha value is -2.77. The third-order valence-electron chi connectivity index (χ3n) is 4.13. The van der Waals surface area contributed by atoms with Gasteiger partial charge in [-0.15, -0.1) is 11.3 Å². The highest BCUT2D eigenvalue weighted by atomic mass is 32.1. The van der Waals surface area contributed by atoms with Crippen molar-refractivity contribution in [2.24, 2.45) is 5.73 Å². The van der Waals surface area contributed by atoms with Gasteiger partial charge in [0.1, 0.15) is 12.0 Å². The van der Waals surface area contributed by atoms with Crippen molar-refractivity contribution in [1.29, 1.82) is 0 Å². The van der Waals surface area contributed by atoms with Crippen molar-refractivity contribution in [1.82, 2.24) is 15.0 Å². The minimum atomic E-state index is -0.569. The van der Waals surface area contributed by atoms with Crippen LogP contribution in [0.3, 0.4) is 0 Å². The molecule has 0 amide bonds. The molecule has 1 unspecified atom stereocenters. The van der Waals surface area contributed by atoms with Crippen molar-refractivity contribution < 1.29 is 8.78 Å². The molecular formula is C19H14F2N4S. The molecule has 3 aromatic heterocycles. The number of pyridine rings is 1. The Labute approximate surface area is 152 Å². The number of benzene rings is 1. The number of aromatic nitrogens is 3. The van der Waals surface area contributed by atoms with Crippen LogP contribution in [0.4, 0.5) is 8.78 Å². The van der Waals surface area contributed by atoms with E-state index < -0.39 is 11.8 Å². The van der Waals surface area contributed by atoms with Crippen LogP contribution in [-0.2, 0) is 0 Å². The minimum absolute atomic E-state index is 0.250. The maximum Gasteiger partial charge on any atom is 0.213 e. The zero-order valence-electron chi connectivity index (χ0n) is 13.8. The molecule has 0 spiro atoms. The van der Waals surface area contributed by atoms with Crippen LogP contribution in [0.15, 0.2) is 49.1 Å². The SMILES string of the molecule is CC(N)c1cnc(F)cc1-c1cccc2cc(-c3ncncc3F)sc12. The molecule has 26 heavy (non-hydrogen) atoms. The largest absolute Gasteiger partial charge is 0.324 e. The van der Waals surface area contributed by atoms with E-state index in [4.69, 9.17) is 5.73 Å². The topological polar surface area (TPSA) is 64.7 Å². The second-order valence-corrected chi connectivity index (χ2v) is 6.99. The Kier molecular flexibility index (Phi) is 4.18. The summed E-state index contributed by atoms with van der Waals surface area (Å²) in [5, 5.41) is 0.924. The first kappa shape index (κ1) is 16.7. The van der Waals surface area contributed by atoms with Crippen molar-refractivity contribution in [3.05, 3.63) is 66.4 Å². The number of thiophene rings is 1. The summed E-state index contributed by atoms with van der Waals surface area (Å²) < 4.78 is 28.8. The predicted octanol–water partition coefficient (Wildman–Crippen LogP) is 4.72. The van der Waals surface area contributed by atoms with Gasteiger partial charge in [0.2, 0.25) is 5.95 Å². The summed E-state index contributed by atoms with van der Waals surface area (Å²) in [5.41, 5.74) is 8.56. The monoisotopic (exact) mass is 368 g/mol. The van der Waals surface area contributed by atoms with E-state index in [1.807, 2.05) is 31.2 Å². The highest BCUT2D eigenvalue weighted by Gasteiger charge is 2.17. The number of hydrogen-bond acceptors (Lipinski definition) is 5. The Morgan fingerprint density at radius 2 is 1.92 bits per heavy atom. The van der Waals surface area contributed by atoms with Crippen LogP contribution < -0.4 is 5.73 Å². The van der Waals surface area contributed by atoms with Gasteiger partial charge < -0.3 is 5.73 Å². The van der Waals surface area contributed by atoms with Gasteiger partial charge in [0, 0.05) is 28.6 Å². The third kappa shape index (κ3) is 2.85. The number of fused-ring (bicyclic) bond motifs is 1. The molecule has 0 aliphatic carbocycles. The zero-order valence-corrected chi connectivity index (χ0v) is 14.6. The molecule has 4 rings (SSSR count). The molecule has 4 nitrogen and oxygen atoms in total. The fourth-order valence-electron chi connectivity index (χ4n) is 2.92. The molecule has 0 fully saturated rings. The van der Waals surface area contributed by atoms with Crippen LogP contribution >= 0.6 is 11.3 Å².